The van der Waals surface area contributed by atoms with E-state index in [1.54, 1.807) is 29.6 Å². The van der Waals surface area contributed by atoms with Gasteiger partial charge >= 0.3 is 0 Å². The van der Waals surface area contributed by atoms with E-state index in [0.717, 1.165) is 11.4 Å². The van der Waals surface area contributed by atoms with E-state index in [4.69, 9.17) is 10.5 Å². The van der Waals surface area contributed by atoms with Gasteiger partial charge in [-0.15, -0.1) is 11.3 Å². The summed E-state index contributed by atoms with van der Waals surface area (Å²) in [5.41, 5.74) is 6.88. The zero-order valence-electron chi connectivity index (χ0n) is 14.8. The second kappa shape index (κ2) is 10.6. The number of aromatic nitrogens is 1. The first kappa shape index (κ1) is 20.0. The molecule has 2 aromatic rings. The number of nitrogens with one attached hydrogen (secondary N) is 2. The van der Waals surface area contributed by atoms with Crippen LogP contribution in [0.25, 0.3) is 0 Å². The van der Waals surface area contributed by atoms with E-state index in [1.807, 2.05) is 6.92 Å². The van der Waals surface area contributed by atoms with Crippen LogP contribution in [-0.2, 0) is 11.2 Å². The van der Waals surface area contributed by atoms with E-state index >= 15 is 0 Å². The number of nitrogens with zero attached hydrogens (tertiary/aromatic N) is 1. The van der Waals surface area contributed by atoms with E-state index in [2.05, 4.69) is 15.6 Å². The number of amides is 2. The number of ether oxygens (including phenoxy) is 1. The standard InChI is InChI=1S/C18H24N4O3S/c1-2-25-10-4-9-20-17(23)13-5-3-6-14(11-13)21-18(24)15-12-26-16(22-15)7-8-19/h3,5-6,11-12H,2,4,7-10,19H2,1H3,(H,20,23)(H,21,24). The van der Waals surface area contributed by atoms with Crippen LogP contribution in [0.5, 0.6) is 0 Å². The molecule has 0 bridgehead atoms. The van der Waals surface area contributed by atoms with E-state index < -0.39 is 0 Å². The molecule has 0 fully saturated rings. The number of hydrogen-bond donors (Lipinski definition) is 3. The van der Waals surface area contributed by atoms with Crippen molar-refractivity contribution in [3.05, 3.63) is 45.9 Å². The molecule has 0 saturated heterocycles. The summed E-state index contributed by atoms with van der Waals surface area (Å²) in [4.78, 5) is 28.7. The minimum atomic E-state index is -0.307. The molecule has 4 N–H and O–H groups in total. The SMILES string of the molecule is CCOCCCNC(=O)c1cccc(NC(=O)c2csc(CCN)n2)c1. The molecule has 140 valence electrons. The van der Waals surface area contributed by atoms with Crippen molar-refractivity contribution in [3.63, 3.8) is 0 Å². The first-order chi connectivity index (χ1) is 12.6. The third kappa shape index (κ3) is 6.21. The Bertz CT molecular complexity index is 733. The van der Waals surface area contributed by atoms with Gasteiger partial charge in [0.2, 0.25) is 0 Å². The molecule has 1 heterocycles. The Hall–Kier alpha value is -2.29. The lowest BCUT2D eigenvalue weighted by atomic mass is 10.2. The van der Waals surface area contributed by atoms with E-state index in [1.165, 1.54) is 11.3 Å². The van der Waals surface area contributed by atoms with E-state index in [-0.39, 0.29) is 11.8 Å². The summed E-state index contributed by atoms with van der Waals surface area (Å²) < 4.78 is 5.23. The lowest BCUT2D eigenvalue weighted by molar-refractivity contribution is 0.0943. The van der Waals surface area contributed by atoms with Gasteiger partial charge in [-0.25, -0.2) is 4.98 Å². The molecule has 7 nitrogen and oxygen atoms in total. The van der Waals surface area contributed by atoms with Gasteiger partial charge in [-0.2, -0.15) is 0 Å². The van der Waals surface area contributed by atoms with Crippen LogP contribution in [0, 0.1) is 0 Å². The van der Waals surface area contributed by atoms with Gasteiger partial charge in [0.15, 0.2) is 0 Å². The molecular weight excluding hydrogens is 352 g/mol. The fraction of sp³-hybridized carbons (Fsp3) is 0.389. The average molecular weight is 376 g/mol. The summed E-state index contributed by atoms with van der Waals surface area (Å²) in [6, 6.07) is 6.81. The number of carbonyl (C=O) groups is 2. The highest BCUT2D eigenvalue weighted by Crippen LogP contribution is 2.15. The van der Waals surface area contributed by atoms with Crippen LogP contribution in [0.1, 0.15) is 39.2 Å². The Morgan fingerprint density at radius 3 is 2.92 bits per heavy atom. The molecule has 0 radical (unpaired) electrons. The second-order valence-corrected chi connectivity index (χ2v) is 6.45. The molecule has 2 rings (SSSR count). The van der Waals surface area contributed by atoms with Crippen molar-refractivity contribution >= 4 is 28.8 Å². The van der Waals surface area contributed by atoms with Gasteiger partial charge in [-0.05, 0) is 38.1 Å². The fourth-order valence-corrected chi connectivity index (χ4v) is 3.00. The normalized spacial score (nSPS) is 10.5. The van der Waals surface area contributed by atoms with Gasteiger partial charge in [-0.3, -0.25) is 9.59 Å². The molecule has 8 heteroatoms. The topological polar surface area (TPSA) is 106 Å². The van der Waals surface area contributed by atoms with Crippen molar-refractivity contribution in [2.24, 2.45) is 5.73 Å². The molecule has 0 atom stereocenters. The zero-order chi connectivity index (χ0) is 18.8. The molecule has 0 unspecified atom stereocenters. The van der Waals surface area contributed by atoms with Crippen molar-refractivity contribution in [1.29, 1.82) is 0 Å². The quantitative estimate of drug-likeness (QED) is 0.550. The maximum atomic E-state index is 12.3. The van der Waals surface area contributed by atoms with Crippen molar-refractivity contribution in [1.82, 2.24) is 10.3 Å². The first-order valence-corrected chi connectivity index (χ1v) is 9.43. The summed E-state index contributed by atoms with van der Waals surface area (Å²) in [6.07, 6.45) is 1.40. The third-order valence-electron chi connectivity index (χ3n) is 3.48. The highest BCUT2D eigenvalue weighted by molar-refractivity contribution is 7.09. The number of nitrogens with two attached hydrogens (primary N) is 1. The minimum Gasteiger partial charge on any atom is -0.382 e. The van der Waals surface area contributed by atoms with Crippen LogP contribution in [0.15, 0.2) is 29.6 Å². The minimum absolute atomic E-state index is 0.184. The number of anilines is 1. The Morgan fingerprint density at radius 2 is 2.15 bits per heavy atom. The maximum Gasteiger partial charge on any atom is 0.275 e. The number of hydrogen-bond acceptors (Lipinski definition) is 6. The molecule has 0 spiro atoms. The molecule has 0 aliphatic rings. The van der Waals surface area contributed by atoms with Crippen molar-refractivity contribution in [3.8, 4) is 0 Å². The van der Waals surface area contributed by atoms with Crippen molar-refractivity contribution < 1.29 is 14.3 Å². The van der Waals surface area contributed by atoms with Crippen LogP contribution >= 0.6 is 11.3 Å². The van der Waals surface area contributed by atoms with E-state index in [9.17, 15) is 9.59 Å². The van der Waals surface area contributed by atoms with Gasteiger partial charge in [0.25, 0.3) is 11.8 Å². The van der Waals surface area contributed by atoms with Crippen molar-refractivity contribution in [2.45, 2.75) is 19.8 Å². The van der Waals surface area contributed by atoms with Crippen molar-refractivity contribution in [2.75, 3.05) is 31.6 Å². The molecule has 1 aromatic carbocycles. The van der Waals surface area contributed by atoms with Gasteiger partial charge in [0.05, 0.1) is 5.01 Å². The smallest absolute Gasteiger partial charge is 0.275 e. The lowest BCUT2D eigenvalue weighted by Crippen LogP contribution is -2.25. The number of benzene rings is 1. The van der Waals surface area contributed by atoms with Gasteiger partial charge in [0, 0.05) is 42.8 Å². The Labute approximate surface area is 157 Å². The fourth-order valence-electron chi connectivity index (χ4n) is 2.21. The zero-order valence-corrected chi connectivity index (χ0v) is 15.6. The van der Waals surface area contributed by atoms with Crippen LogP contribution < -0.4 is 16.4 Å². The summed E-state index contributed by atoms with van der Waals surface area (Å²) in [6.45, 7) is 4.26. The monoisotopic (exact) mass is 376 g/mol. The molecule has 1 aromatic heterocycles. The highest BCUT2D eigenvalue weighted by atomic mass is 32.1. The molecule has 2 amide bonds. The van der Waals surface area contributed by atoms with Crippen LogP contribution in [0.4, 0.5) is 5.69 Å². The summed E-state index contributed by atoms with van der Waals surface area (Å²) in [5.74, 6) is -0.490. The van der Waals surface area contributed by atoms with Crippen LogP contribution in [0.2, 0.25) is 0 Å². The molecule has 0 saturated carbocycles. The highest BCUT2D eigenvalue weighted by Gasteiger charge is 2.12. The van der Waals surface area contributed by atoms with Gasteiger partial charge in [-0.1, -0.05) is 6.07 Å². The predicted octanol–water partition coefficient (Wildman–Crippen LogP) is 2.05. The molecule has 0 aliphatic carbocycles. The lowest BCUT2D eigenvalue weighted by Gasteiger charge is -2.08. The van der Waals surface area contributed by atoms with Crippen LogP contribution in [0.3, 0.4) is 0 Å². The Morgan fingerprint density at radius 1 is 1.31 bits per heavy atom. The largest absolute Gasteiger partial charge is 0.382 e. The Balaban J connectivity index is 1.91. The van der Waals surface area contributed by atoms with Crippen LogP contribution in [-0.4, -0.2) is 43.1 Å². The third-order valence-corrected chi connectivity index (χ3v) is 4.39. The summed E-state index contributed by atoms with van der Waals surface area (Å²) in [7, 11) is 0. The molecule has 26 heavy (non-hydrogen) atoms. The number of thiazole rings is 1. The number of carbonyl (C=O) groups excluding carboxylic acids is 2. The predicted molar refractivity (Wildman–Crippen MR) is 103 cm³/mol. The van der Waals surface area contributed by atoms with Gasteiger partial charge in [0.1, 0.15) is 5.69 Å². The first-order valence-electron chi connectivity index (χ1n) is 8.56. The average Bonchev–Trinajstić information content (AvgIpc) is 3.11. The molecule has 0 aliphatic heterocycles. The second-order valence-electron chi connectivity index (χ2n) is 5.51. The maximum absolute atomic E-state index is 12.3. The Kier molecular flexibility index (Phi) is 8.20. The number of rotatable bonds is 10. The molecular formula is C18H24N4O3S. The summed E-state index contributed by atoms with van der Waals surface area (Å²) in [5, 5.41) is 8.14. The van der Waals surface area contributed by atoms with E-state index in [0.29, 0.717) is 49.7 Å². The van der Waals surface area contributed by atoms with Gasteiger partial charge < -0.3 is 21.1 Å². The summed E-state index contributed by atoms with van der Waals surface area (Å²) >= 11 is 1.41.